The first-order valence-electron chi connectivity index (χ1n) is 17.9. The monoisotopic (exact) mass is 637 g/mol. The quantitative estimate of drug-likeness (QED) is 0.184. The summed E-state index contributed by atoms with van der Waals surface area (Å²) in [5, 5.41) is 1.23. The smallest absolute Gasteiger partial charge is 0.0759 e. The molecule has 1 atom stereocenters. The average molecular weight is 638 g/mol. The van der Waals surface area contributed by atoms with Crippen molar-refractivity contribution in [1.29, 1.82) is 0 Å². The van der Waals surface area contributed by atoms with E-state index in [-0.39, 0.29) is 10.8 Å². The van der Waals surface area contributed by atoms with E-state index in [4.69, 9.17) is 4.98 Å². The SMILES string of the molecule is CC1(C)c2ccccc2-c2nc3ccccc3c(C3=CCC(c4ccc5c(c4)C4(c6ccccc6-c6ccccc64)c4ccccc4-5)C=C3)c21. The predicted molar refractivity (Wildman–Crippen MR) is 207 cm³/mol. The second-order valence-electron chi connectivity index (χ2n) is 15.0. The van der Waals surface area contributed by atoms with Gasteiger partial charge in [-0.3, -0.25) is 0 Å². The van der Waals surface area contributed by atoms with Crippen LogP contribution in [0.1, 0.15) is 70.7 Å². The van der Waals surface area contributed by atoms with Gasteiger partial charge in [0.2, 0.25) is 0 Å². The lowest BCUT2D eigenvalue weighted by Gasteiger charge is -2.31. The van der Waals surface area contributed by atoms with Gasteiger partial charge in [0.05, 0.1) is 16.6 Å². The Morgan fingerprint density at radius 2 is 1.12 bits per heavy atom. The third kappa shape index (κ3) is 3.45. The fraction of sp³-hybridized carbons (Fsp3) is 0.122. The van der Waals surface area contributed by atoms with Crippen LogP contribution < -0.4 is 0 Å². The number of nitrogens with zero attached hydrogens (tertiary/aromatic N) is 1. The van der Waals surface area contributed by atoms with E-state index in [1.54, 1.807) is 0 Å². The molecule has 0 saturated carbocycles. The van der Waals surface area contributed by atoms with Gasteiger partial charge in [-0.15, -0.1) is 0 Å². The summed E-state index contributed by atoms with van der Waals surface area (Å²) < 4.78 is 0. The molecule has 7 aromatic rings. The van der Waals surface area contributed by atoms with E-state index in [0.717, 1.165) is 17.6 Å². The molecule has 1 heterocycles. The van der Waals surface area contributed by atoms with E-state index in [2.05, 4.69) is 172 Å². The van der Waals surface area contributed by atoms with Gasteiger partial charge < -0.3 is 0 Å². The summed E-state index contributed by atoms with van der Waals surface area (Å²) in [7, 11) is 0. The molecule has 4 aliphatic carbocycles. The van der Waals surface area contributed by atoms with Gasteiger partial charge in [0.1, 0.15) is 0 Å². The molecule has 0 radical (unpaired) electrons. The van der Waals surface area contributed by atoms with Gasteiger partial charge in [0, 0.05) is 22.3 Å². The van der Waals surface area contributed by atoms with Crippen molar-refractivity contribution in [3.63, 3.8) is 0 Å². The standard InChI is InChI=1S/C49H35N/c1-48(2)39-18-8-6-16-37(39)47-46(48)45(38-17-7-12-22-44(38)50-47)31-25-23-30(24-26-31)32-27-28-36-35-15-5-11-21-42(35)49(43(36)29-32)40-19-9-3-13-33(40)34-14-4-10-20-41(34)49/h3-23,25-30H,24H2,1-2H3. The summed E-state index contributed by atoms with van der Waals surface area (Å²) in [6.45, 7) is 4.73. The van der Waals surface area contributed by atoms with Crippen LogP contribution in [-0.4, -0.2) is 4.98 Å². The lowest BCUT2D eigenvalue weighted by molar-refractivity contribution is 0.658. The van der Waals surface area contributed by atoms with Gasteiger partial charge in [-0.25, -0.2) is 4.98 Å². The topological polar surface area (TPSA) is 12.9 Å². The normalized spacial score (nSPS) is 17.9. The van der Waals surface area contributed by atoms with Crippen LogP contribution in [-0.2, 0) is 10.8 Å². The van der Waals surface area contributed by atoms with E-state index in [0.29, 0.717) is 5.92 Å². The molecular weight excluding hydrogens is 603 g/mol. The summed E-state index contributed by atoms with van der Waals surface area (Å²) >= 11 is 0. The van der Waals surface area contributed by atoms with Crippen molar-refractivity contribution >= 4 is 16.5 Å². The average Bonchev–Trinajstić information content (AvgIpc) is 3.73. The molecule has 1 spiro atoms. The van der Waals surface area contributed by atoms with Gasteiger partial charge in [-0.05, 0) is 84.8 Å². The lowest BCUT2D eigenvalue weighted by atomic mass is 9.70. The molecule has 0 fully saturated rings. The number of pyridine rings is 1. The number of aromatic nitrogens is 1. The first-order chi connectivity index (χ1) is 24.6. The molecule has 1 heteroatoms. The molecule has 1 nitrogen and oxygen atoms in total. The molecule has 4 aliphatic rings. The minimum Gasteiger partial charge on any atom is -0.247 e. The van der Waals surface area contributed by atoms with Crippen LogP contribution in [0, 0.1) is 0 Å². The minimum atomic E-state index is -0.314. The Bertz CT molecular complexity index is 2600. The highest BCUT2D eigenvalue weighted by Crippen LogP contribution is 2.63. The lowest BCUT2D eigenvalue weighted by Crippen LogP contribution is -2.26. The van der Waals surface area contributed by atoms with Gasteiger partial charge in [0.15, 0.2) is 0 Å². The molecule has 1 aromatic heterocycles. The largest absolute Gasteiger partial charge is 0.247 e. The van der Waals surface area contributed by atoms with Crippen molar-refractivity contribution in [1.82, 2.24) is 4.98 Å². The number of hydrogen-bond donors (Lipinski definition) is 0. The molecule has 236 valence electrons. The number of allylic oxidation sites excluding steroid dienone is 4. The number of para-hydroxylation sites is 1. The van der Waals surface area contributed by atoms with E-state index in [1.165, 1.54) is 83.3 Å². The Labute approximate surface area is 293 Å². The molecule has 6 aromatic carbocycles. The molecule has 11 rings (SSSR count). The van der Waals surface area contributed by atoms with E-state index < -0.39 is 0 Å². The zero-order valence-corrected chi connectivity index (χ0v) is 28.2. The van der Waals surface area contributed by atoms with Crippen LogP contribution in [0.3, 0.4) is 0 Å². The summed E-state index contributed by atoms with van der Waals surface area (Å²) in [6.07, 6.45) is 8.30. The molecule has 0 amide bonds. The minimum absolute atomic E-state index is 0.138. The highest BCUT2D eigenvalue weighted by molar-refractivity contribution is 6.01. The zero-order valence-electron chi connectivity index (χ0n) is 28.2. The fourth-order valence-corrected chi connectivity index (χ4v) is 10.1. The van der Waals surface area contributed by atoms with Crippen molar-refractivity contribution < 1.29 is 0 Å². The van der Waals surface area contributed by atoms with Crippen LogP contribution in [0.25, 0.3) is 50.0 Å². The highest BCUT2D eigenvalue weighted by atomic mass is 14.7. The van der Waals surface area contributed by atoms with Gasteiger partial charge in [-0.2, -0.15) is 0 Å². The Hall–Kier alpha value is -5.79. The van der Waals surface area contributed by atoms with Crippen LogP contribution in [0.15, 0.2) is 158 Å². The van der Waals surface area contributed by atoms with E-state index in [1.807, 2.05) is 0 Å². The summed E-state index contributed by atoms with van der Waals surface area (Å²) in [5.41, 5.74) is 20.7. The second kappa shape index (κ2) is 9.89. The van der Waals surface area contributed by atoms with Crippen LogP contribution in [0.2, 0.25) is 0 Å². The van der Waals surface area contributed by atoms with E-state index >= 15 is 0 Å². The van der Waals surface area contributed by atoms with Gasteiger partial charge in [0.25, 0.3) is 0 Å². The summed E-state index contributed by atoms with van der Waals surface area (Å²) in [5.74, 6) is 0.295. The second-order valence-corrected chi connectivity index (χ2v) is 15.0. The number of hydrogen-bond acceptors (Lipinski definition) is 1. The molecule has 0 N–H and O–H groups in total. The Morgan fingerprint density at radius 3 is 1.76 bits per heavy atom. The number of benzene rings is 6. The van der Waals surface area contributed by atoms with Crippen molar-refractivity contribution in [2.24, 2.45) is 0 Å². The molecule has 1 unspecified atom stereocenters. The third-order valence-electron chi connectivity index (χ3n) is 12.2. The van der Waals surface area contributed by atoms with Crippen molar-refractivity contribution in [2.75, 3.05) is 0 Å². The van der Waals surface area contributed by atoms with Crippen molar-refractivity contribution in [2.45, 2.75) is 37.0 Å². The van der Waals surface area contributed by atoms with Crippen LogP contribution in [0.4, 0.5) is 0 Å². The number of fused-ring (bicyclic) bond motifs is 14. The maximum Gasteiger partial charge on any atom is 0.0759 e. The first-order valence-corrected chi connectivity index (χ1v) is 17.9. The van der Waals surface area contributed by atoms with Gasteiger partial charge in [-0.1, -0.05) is 166 Å². The van der Waals surface area contributed by atoms with Crippen LogP contribution >= 0.6 is 0 Å². The Balaban J connectivity index is 1.05. The highest BCUT2D eigenvalue weighted by Gasteiger charge is 2.51. The maximum absolute atomic E-state index is 5.28. The van der Waals surface area contributed by atoms with Crippen LogP contribution in [0.5, 0.6) is 0 Å². The Morgan fingerprint density at radius 1 is 0.560 bits per heavy atom. The molecule has 0 saturated heterocycles. The third-order valence-corrected chi connectivity index (χ3v) is 12.2. The summed E-state index contributed by atoms with van der Waals surface area (Å²) in [6, 6.07) is 52.1. The van der Waals surface area contributed by atoms with E-state index in [9.17, 15) is 0 Å². The van der Waals surface area contributed by atoms with Gasteiger partial charge >= 0.3 is 0 Å². The maximum atomic E-state index is 5.28. The first kappa shape index (κ1) is 28.1. The molecule has 0 bridgehead atoms. The molecule has 50 heavy (non-hydrogen) atoms. The summed E-state index contributed by atoms with van der Waals surface area (Å²) in [4.78, 5) is 5.28. The molecule has 0 aliphatic heterocycles. The zero-order chi connectivity index (χ0) is 33.2. The number of rotatable bonds is 2. The molecular formula is C49H35N. The fourth-order valence-electron chi connectivity index (χ4n) is 10.1. The Kier molecular flexibility index (Phi) is 5.56. The van der Waals surface area contributed by atoms with Crippen molar-refractivity contribution in [3.8, 4) is 33.5 Å². The van der Waals surface area contributed by atoms with Crippen molar-refractivity contribution in [3.05, 3.63) is 202 Å². The predicted octanol–water partition coefficient (Wildman–Crippen LogP) is 12.0.